The van der Waals surface area contributed by atoms with E-state index in [2.05, 4.69) is 5.32 Å². The molecular formula is C24H23Cl2NO3. The molecule has 156 valence electrons. The Hall–Kier alpha value is -2.69. The number of phenols is 1. The van der Waals surface area contributed by atoms with Gasteiger partial charge in [-0.15, -0.1) is 0 Å². The zero-order valence-corrected chi connectivity index (χ0v) is 18.0. The van der Waals surface area contributed by atoms with Crippen LogP contribution in [0.5, 0.6) is 11.5 Å². The molecule has 0 aromatic heterocycles. The van der Waals surface area contributed by atoms with E-state index in [-0.39, 0.29) is 30.2 Å². The smallest absolute Gasteiger partial charge is 0.258 e. The summed E-state index contributed by atoms with van der Waals surface area (Å²) in [6.07, 6.45) is 0.735. The van der Waals surface area contributed by atoms with E-state index in [9.17, 15) is 9.90 Å². The SMILES string of the molecule is C[C@@H](NC(=O)COc1ccc(O)cc1)[C@H](Cc1ccc(Cl)cc1)c1ccc(Cl)cc1. The molecule has 3 rings (SSSR count). The first-order valence-electron chi connectivity index (χ1n) is 9.62. The first kappa shape index (κ1) is 22.0. The topological polar surface area (TPSA) is 58.6 Å². The lowest BCUT2D eigenvalue weighted by molar-refractivity contribution is -0.123. The normalized spacial score (nSPS) is 12.8. The number of amides is 1. The van der Waals surface area contributed by atoms with E-state index in [1.807, 2.05) is 55.5 Å². The highest BCUT2D eigenvalue weighted by atomic mass is 35.5. The largest absolute Gasteiger partial charge is 0.508 e. The minimum atomic E-state index is -0.217. The molecule has 0 fully saturated rings. The Morgan fingerprint density at radius 3 is 2.10 bits per heavy atom. The molecule has 0 saturated carbocycles. The molecule has 3 aromatic rings. The number of hydrogen-bond donors (Lipinski definition) is 2. The van der Waals surface area contributed by atoms with E-state index >= 15 is 0 Å². The summed E-state index contributed by atoms with van der Waals surface area (Å²) in [5.41, 5.74) is 2.21. The number of phenolic OH excluding ortho intramolecular Hbond substituents is 1. The molecule has 0 saturated heterocycles. The van der Waals surface area contributed by atoms with Gasteiger partial charge in [-0.25, -0.2) is 0 Å². The van der Waals surface area contributed by atoms with Crippen LogP contribution in [0.25, 0.3) is 0 Å². The van der Waals surface area contributed by atoms with Crippen molar-refractivity contribution >= 4 is 29.1 Å². The molecule has 1 amide bonds. The molecule has 0 radical (unpaired) electrons. The Kier molecular flexibility index (Phi) is 7.61. The molecule has 0 spiro atoms. The summed E-state index contributed by atoms with van der Waals surface area (Å²) in [4.78, 5) is 12.5. The second-order valence-corrected chi connectivity index (χ2v) is 8.00. The summed E-state index contributed by atoms with van der Waals surface area (Å²) in [5, 5.41) is 13.7. The molecule has 0 bridgehead atoms. The van der Waals surface area contributed by atoms with Crippen LogP contribution in [0.4, 0.5) is 0 Å². The van der Waals surface area contributed by atoms with Crippen molar-refractivity contribution in [2.45, 2.75) is 25.3 Å². The molecule has 2 N–H and O–H groups in total. The van der Waals surface area contributed by atoms with E-state index in [1.165, 1.54) is 12.1 Å². The van der Waals surface area contributed by atoms with Crippen LogP contribution in [0.3, 0.4) is 0 Å². The number of carbonyl (C=O) groups excluding carboxylic acids is 1. The summed E-state index contributed by atoms with van der Waals surface area (Å²) in [5.74, 6) is 0.492. The van der Waals surface area contributed by atoms with E-state index in [0.717, 1.165) is 17.5 Å². The number of carbonyl (C=O) groups is 1. The summed E-state index contributed by atoms with van der Waals surface area (Å²) in [6, 6.07) is 21.5. The molecule has 0 heterocycles. The maximum atomic E-state index is 12.5. The maximum absolute atomic E-state index is 12.5. The van der Waals surface area contributed by atoms with Crippen LogP contribution in [0.15, 0.2) is 72.8 Å². The number of ether oxygens (including phenoxy) is 1. The number of hydrogen-bond acceptors (Lipinski definition) is 3. The van der Waals surface area contributed by atoms with Gasteiger partial charge in [-0.1, -0.05) is 47.5 Å². The van der Waals surface area contributed by atoms with Crippen LogP contribution in [0.2, 0.25) is 10.0 Å². The average Bonchev–Trinajstić information content (AvgIpc) is 2.73. The molecule has 0 aliphatic heterocycles. The van der Waals surface area contributed by atoms with Gasteiger partial charge in [-0.2, -0.15) is 0 Å². The van der Waals surface area contributed by atoms with Gasteiger partial charge in [0.2, 0.25) is 0 Å². The molecule has 0 aliphatic carbocycles. The standard InChI is InChI=1S/C24H23Cl2NO3/c1-16(27-24(29)15-30-22-12-10-21(28)11-13-22)23(18-4-8-20(26)9-5-18)14-17-2-6-19(25)7-3-17/h2-13,16,23,28H,14-15H2,1H3,(H,27,29)/t16-,23+/m1/s1. The fourth-order valence-electron chi connectivity index (χ4n) is 3.26. The van der Waals surface area contributed by atoms with E-state index in [0.29, 0.717) is 15.8 Å². The second kappa shape index (κ2) is 10.4. The van der Waals surface area contributed by atoms with Crippen molar-refractivity contribution in [3.8, 4) is 11.5 Å². The Morgan fingerprint density at radius 2 is 1.50 bits per heavy atom. The summed E-state index contributed by atoms with van der Waals surface area (Å²) in [6.45, 7) is 1.87. The van der Waals surface area contributed by atoms with Gasteiger partial charge < -0.3 is 15.2 Å². The first-order chi connectivity index (χ1) is 14.4. The van der Waals surface area contributed by atoms with Gasteiger partial charge in [-0.3, -0.25) is 4.79 Å². The van der Waals surface area contributed by atoms with Crippen LogP contribution in [0.1, 0.15) is 24.0 Å². The van der Waals surface area contributed by atoms with E-state index in [1.54, 1.807) is 12.1 Å². The zero-order valence-electron chi connectivity index (χ0n) is 16.5. The van der Waals surface area contributed by atoms with Gasteiger partial charge in [0.15, 0.2) is 6.61 Å². The van der Waals surface area contributed by atoms with Gasteiger partial charge in [0, 0.05) is 22.0 Å². The van der Waals surface area contributed by atoms with Crippen molar-refractivity contribution in [2.75, 3.05) is 6.61 Å². The molecule has 6 heteroatoms. The van der Waals surface area contributed by atoms with Crippen molar-refractivity contribution < 1.29 is 14.6 Å². The molecule has 2 atom stereocenters. The lowest BCUT2D eigenvalue weighted by atomic mass is 9.86. The van der Waals surface area contributed by atoms with Gasteiger partial charge in [0.25, 0.3) is 5.91 Å². The van der Waals surface area contributed by atoms with Gasteiger partial charge in [-0.05, 0) is 73.0 Å². The van der Waals surface area contributed by atoms with Crippen molar-refractivity contribution in [1.82, 2.24) is 5.32 Å². The molecule has 0 unspecified atom stereocenters. The van der Waals surface area contributed by atoms with Crippen LogP contribution in [0, 0.1) is 0 Å². The van der Waals surface area contributed by atoms with Crippen LogP contribution < -0.4 is 10.1 Å². The summed E-state index contributed by atoms with van der Waals surface area (Å²) >= 11 is 12.1. The molecule has 0 aliphatic rings. The lowest BCUT2D eigenvalue weighted by Gasteiger charge is -2.26. The Morgan fingerprint density at radius 1 is 0.933 bits per heavy atom. The number of aromatic hydroxyl groups is 1. The Bertz CT molecular complexity index is 957. The van der Waals surface area contributed by atoms with Crippen molar-refractivity contribution in [1.29, 1.82) is 0 Å². The van der Waals surface area contributed by atoms with Crippen LogP contribution in [-0.4, -0.2) is 23.7 Å². The Balaban J connectivity index is 1.68. The summed E-state index contributed by atoms with van der Waals surface area (Å²) < 4.78 is 5.50. The first-order valence-corrected chi connectivity index (χ1v) is 10.4. The van der Waals surface area contributed by atoms with Gasteiger partial charge in [0.05, 0.1) is 0 Å². The van der Waals surface area contributed by atoms with Gasteiger partial charge in [0.1, 0.15) is 11.5 Å². The monoisotopic (exact) mass is 443 g/mol. The fraction of sp³-hybridized carbons (Fsp3) is 0.208. The van der Waals surface area contributed by atoms with Crippen LogP contribution in [-0.2, 0) is 11.2 Å². The third-order valence-electron chi connectivity index (χ3n) is 4.87. The third-order valence-corrected chi connectivity index (χ3v) is 5.37. The highest BCUT2D eigenvalue weighted by Gasteiger charge is 2.22. The molecular weight excluding hydrogens is 421 g/mol. The average molecular weight is 444 g/mol. The van der Waals surface area contributed by atoms with E-state index < -0.39 is 0 Å². The number of halogens is 2. The van der Waals surface area contributed by atoms with E-state index in [4.69, 9.17) is 27.9 Å². The maximum Gasteiger partial charge on any atom is 0.258 e. The van der Waals surface area contributed by atoms with Gasteiger partial charge >= 0.3 is 0 Å². The Labute approximate surface area is 186 Å². The van der Waals surface area contributed by atoms with Crippen molar-refractivity contribution in [3.63, 3.8) is 0 Å². The molecule has 30 heavy (non-hydrogen) atoms. The number of nitrogens with one attached hydrogen (secondary N) is 1. The minimum absolute atomic E-state index is 0.0427. The van der Waals surface area contributed by atoms with Crippen molar-refractivity contribution in [2.24, 2.45) is 0 Å². The molecule has 4 nitrogen and oxygen atoms in total. The summed E-state index contributed by atoms with van der Waals surface area (Å²) in [7, 11) is 0. The lowest BCUT2D eigenvalue weighted by Crippen LogP contribution is -2.40. The third kappa shape index (κ3) is 6.41. The number of benzene rings is 3. The second-order valence-electron chi connectivity index (χ2n) is 7.13. The fourth-order valence-corrected chi connectivity index (χ4v) is 3.51. The zero-order chi connectivity index (χ0) is 21.5. The number of rotatable bonds is 8. The predicted molar refractivity (Wildman–Crippen MR) is 121 cm³/mol. The highest BCUT2D eigenvalue weighted by Crippen LogP contribution is 2.27. The quantitative estimate of drug-likeness (QED) is 0.475. The molecule has 3 aromatic carbocycles. The minimum Gasteiger partial charge on any atom is -0.508 e. The predicted octanol–water partition coefficient (Wildman–Crippen LogP) is 5.61. The highest BCUT2D eigenvalue weighted by molar-refractivity contribution is 6.30. The van der Waals surface area contributed by atoms with Crippen LogP contribution >= 0.6 is 23.2 Å². The van der Waals surface area contributed by atoms with Crippen molar-refractivity contribution in [3.05, 3.63) is 94.0 Å².